The van der Waals surface area contributed by atoms with Crippen molar-refractivity contribution < 1.29 is 28.8 Å². The minimum Gasteiger partial charge on any atom is -0.388 e. The predicted molar refractivity (Wildman–Crippen MR) is 104 cm³/mol. The number of ether oxygens (including phenoxy) is 4. The van der Waals surface area contributed by atoms with Gasteiger partial charge in [0.25, 0.3) is 0 Å². The molecular formula is C22H25NO6. The second-order valence-electron chi connectivity index (χ2n) is 7.23. The maximum atomic E-state index is 11.7. The van der Waals surface area contributed by atoms with Crippen LogP contribution in [0.1, 0.15) is 24.3 Å². The molecule has 0 spiro atoms. The summed E-state index contributed by atoms with van der Waals surface area (Å²) in [6.07, 6.45) is -3.59. The van der Waals surface area contributed by atoms with Crippen molar-refractivity contribution in [2.75, 3.05) is 6.61 Å². The van der Waals surface area contributed by atoms with E-state index in [1.165, 1.54) is 6.92 Å². The minimum absolute atomic E-state index is 0.249. The number of fused-ring (bicyclic) bond motifs is 1. The van der Waals surface area contributed by atoms with E-state index >= 15 is 0 Å². The summed E-state index contributed by atoms with van der Waals surface area (Å²) < 4.78 is 23.8. The lowest BCUT2D eigenvalue weighted by Gasteiger charge is -2.47. The number of hydrogen-bond donors (Lipinski definition) is 2. The number of carbonyl (C=O) groups excluding carboxylic acids is 1. The number of benzene rings is 2. The highest BCUT2D eigenvalue weighted by molar-refractivity contribution is 5.73. The molecule has 0 aliphatic carbocycles. The van der Waals surface area contributed by atoms with E-state index < -0.39 is 36.9 Å². The summed E-state index contributed by atoms with van der Waals surface area (Å²) in [7, 11) is 0. The Labute approximate surface area is 169 Å². The number of aliphatic hydroxyl groups excluding tert-OH is 1. The van der Waals surface area contributed by atoms with E-state index in [0.29, 0.717) is 6.61 Å². The van der Waals surface area contributed by atoms with Crippen LogP contribution in [0.4, 0.5) is 0 Å². The zero-order valence-electron chi connectivity index (χ0n) is 16.1. The normalized spacial score (nSPS) is 31.7. The van der Waals surface area contributed by atoms with Crippen LogP contribution in [0, 0.1) is 0 Å². The average molecular weight is 399 g/mol. The van der Waals surface area contributed by atoms with Gasteiger partial charge in [0.05, 0.1) is 13.2 Å². The molecule has 2 saturated heterocycles. The topological polar surface area (TPSA) is 86.3 Å². The molecule has 1 amide bonds. The van der Waals surface area contributed by atoms with Gasteiger partial charge in [-0.05, 0) is 5.56 Å². The van der Waals surface area contributed by atoms with Crippen molar-refractivity contribution in [1.29, 1.82) is 0 Å². The van der Waals surface area contributed by atoms with Crippen LogP contribution in [-0.2, 0) is 30.3 Å². The first kappa shape index (κ1) is 20.0. The molecule has 0 bridgehead atoms. The molecule has 154 valence electrons. The molecular weight excluding hydrogens is 374 g/mol. The van der Waals surface area contributed by atoms with Gasteiger partial charge in [0.2, 0.25) is 5.91 Å². The third kappa shape index (κ3) is 4.66. The van der Waals surface area contributed by atoms with Crippen molar-refractivity contribution in [3.8, 4) is 0 Å². The van der Waals surface area contributed by atoms with Gasteiger partial charge in [0.1, 0.15) is 24.4 Å². The van der Waals surface area contributed by atoms with Crippen LogP contribution in [0.25, 0.3) is 0 Å². The molecule has 2 aromatic carbocycles. The SMILES string of the molecule is CC(=O)N[C@@H]1[C@@H](OCc2ccccc2)O[C@@H]2CO[C@@H](c3ccccc3)O[C@H]2[C@@H]1O. The number of aliphatic hydroxyl groups is 1. The molecule has 2 N–H and O–H groups in total. The maximum absolute atomic E-state index is 11.7. The van der Waals surface area contributed by atoms with E-state index in [1.54, 1.807) is 0 Å². The number of rotatable bonds is 5. The monoisotopic (exact) mass is 399 g/mol. The quantitative estimate of drug-likeness (QED) is 0.799. The van der Waals surface area contributed by atoms with Gasteiger partial charge in [0.15, 0.2) is 12.6 Å². The van der Waals surface area contributed by atoms with Crippen molar-refractivity contribution in [3.05, 3.63) is 71.8 Å². The number of hydrogen-bond acceptors (Lipinski definition) is 6. The summed E-state index contributed by atoms with van der Waals surface area (Å²) in [6.45, 7) is 1.93. The Kier molecular flexibility index (Phi) is 6.22. The molecule has 0 unspecified atom stereocenters. The molecule has 0 saturated carbocycles. The first-order chi connectivity index (χ1) is 14.1. The Bertz CT molecular complexity index is 801. The summed E-state index contributed by atoms with van der Waals surface area (Å²) in [5, 5.41) is 13.7. The lowest BCUT2D eigenvalue weighted by Crippen LogP contribution is -2.66. The molecule has 6 atom stereocenters. The molecule has 2 aliphatic heterocycles. The third-order valence-electron chi connectivity index (χ3n) is 5.06. The zero-order chi connectivity index (χ0) is 20.2. The van der Waals surface area contributed by atoms with Gasteiger partial charge in [-0.15, -0.1) is 0 Å². The van der Waals surface area contributed by atoms with Crippen LogP contribution in [-0.4, -0.2) is 48.3 Å². The van der Waals surface area contributed by atoms with Gasteiger partial charge in [-0.3, -0.25) is 4.79 Å². The highest BCUT2D eigenvalue weighted by Crippen LogP contribution is 2.34. The minimum atomic E-state index is -1.01. The lowest BCUT2D eigenvalue weighted by molar-refractivity contribution is -0.345. The Hall–Kier alpha value is -2.29. The van der Waals surface area contributed by atoms with Crippen molar-refractivity contribution in [2.45, 2.75) is 50.5 Å². The molecule has 7 heteroatoms. The molecule has 2 aromatic rings. The van der Waals surface area contributed by atoms with Gasteiger partial charge in [-0.25, -0.2) is 0 Å². The average Bonchev–Trinajstić information content (AvgIpc) is 2.75. The summed E-state index contributed by atoms with van der Waals surface area (Å²) in [6, 6.07) is 18.4. The Morgan fingerprint density at radius 2 is 1.79 bits per heavy atom. The summed E-state index contributed by atoms with van der Waals surface area (Å²) in [5.41, 5.74) is 1.83. The Morgan fingerprint density at radius 1 is 1.10 bits per heavy atom. The first-order valence-corrected chi connectivity index (χ1v) is 9.70. The molecule has 2 heterocycles. The van der Waals surface area contributed by atoms with Crippen LogP contribution in [0.2, 0.25) is 0 Å². The number of nitrogens with one attached hydrogen (secondary N) is 1. The molecule has 4 rings (SSSR count). The van der Waals surface area contributed by atoms with E-state index in [2.05, 4.69) is 5.32 Å². The van der Waals surface area contributed by atoms with Crippen molar-refractivity contribution >= 4 is 5.91 Å². The van der Waals surface area contributed by atoms with E-state index in [1.807, 2.05) is 60.7 Å². The second kappa shape index (κ2) is 9.02. The van der Waals surface area contributed by atoms with Crippen LogP contribution in [0.5, 0.6) is 0 Å². The smallest absolute Gasteiger partial charge is 0.217 e. The van der Waals surface area contributed by atoms with E-state index in [9.17, 15) is 9.90 Å². The fraction of sp³-hybridized carbons (Fsp3) is 0.409. The number of amides is 1. The number of carbonyl (C=O) groups is 1. The van der Waals surface area contributed by atoms with E-state index in [-0.39, 0.29) is 12.5 Å². The summed E-state index contributed by atoms with van der Waals surface area (Å²) in [4.78, 5) is 11.7. The molecule has 0 aromatic heterocycles. The third-order valence-corrected chi connectivity index (χ3v) is 5.06. The van der Waals surface area contributed by atoms with Crippen molar-refractivity contribution in [2.24, 2.45) is 0 Å². The molecule has 2 aliphatic rings. The lowest BCUT2D eigenvalue weighted by atomic mass is 9.95. The highest BCUT2D eigenvalue weighted by Gasteiger charge is 2.50. The van der Waals surface area contributed by atoms with Gasteiger partial charge in [-0.2, -0.15) is 0 Å². The van der Waals surface area contributed by atoms with Crippen molar-refractivity contribution in [3.63, 3.8) is 0 Å². The van der Waals surface area contributed by atoms with Crippen LogP contribution in [0.3, 0.4) is 0 Å². The van der Waals surface area contributed by atoms with Gasteiger partial charge < -0.3 is 29.4 Å². The van der Waals surface area contributed by atoms with Crippen molar-refractivity contribution in [1.82, 2.24) is 5.32 Å². The predicted octanol–water partition coefficient (Wildman–Crippen LogP) is 1.91. The first-order valence-electron chi connectivity index (χ1n) is 9.70. The van der Waals surface area contributed by atoms with E-state index in [4.69, 9.17) is 18.9 Å². The maximum Gasteiger partial charge on any atom is 0.217 e. The van der Waals surface area contributed by atoms with Gasteiger partial charge in [0, 0.05) is 12.5 Å². The van der Waals surface area contributed by atoms with E-state index in [0.717, 1.165) is 11.1 Å². The molecule has 2 fully saturated rings. The van der Waals surface area contributed by atoms with Crippen LogP contribution in [0.15, 0.2) is 60.7 Å². The van der Waals surface area contributed by atoms with Gasteiger partial charge >= 0.3 is 0 Å². The van der Waals surface area contributed by atoms with Crippen LogP contribution >= 0.6 is 0 Å². The molecule has 0 radical (unpaired) electrons. The summed E-state index contributed by atoms with van der Waals surface area (Å²) >= 11 is 0. The zero-order valence-corrected chi connectivity index (χ0v) is 16.1. The van der Waals surface area contributed by atoms with Gasteiger partial charge in [-0.1, -0.05) is 60.7 Å². The Balaban J connectivity index is 1.48. The fourth-order valence-electron chi connectivity index (χ4n) is 3.65. The second-order valence-corrected chi connectivity index (χ2v) is 7.23. The summed E-state index contributed by atoms with van der Waals surface area (Å²) in [5.74, 6) is -0.281. The molecule has 7 nitrogen and oxygen atoms in total. The standard InChI is InChI=1S/C22H25NO6/c1-14(24)23-18-19(25)20-17(13-27-21(29-20)16-10-6-3-7-11-16)28-22(18)26-12-15-8-4-2-5-9-15/h2-11,17-22,25H,12-13H2,1H3,(H,23,24)/t17-,18+,19-,20-,21-,22+/m1/s1. The fourth-order valence-corrected chi connectivity index (χ4v) is 3.65. The largest absolute Gasteiger partial charge is 0.388 e. The van der Waals surface area contributed by atoms with Crippen LogP contribution < -0.4 is 5.32 Å². The molecule has 29 heavy (non-hydrogen) atoms. The Morgan fingerprint density at radius 3 is 2.48 bits per heavy atom. The highest BCUT2D eigenvalue weighted by atomic mass is 16.7.